The molecule has 0 radical (unpaired) electrons. The van der Waals surface area contributed by atoms with E-state index in [1.807, 2.05) is 11.9 Å². The van der Waals surface area contributed by atoms with E-state index in [1.54, 1.807) is 12.1 Å². The Morgan fingerprint density at radius 2 is 2.00 bits per heavy atom. The van der Waals surface area contributed by atoms with Crippen molar-refractivity contribution in [2.24, 2.45) is 11.8 Å². The average molecular weight is 374 g/mol. The van der Waals surface area contributed by atoms with Gasteiger partial charge in [0.25, 0.3) is 11.6 Å². The lowest BCUT2D eigenvalue weighted by atomic mass is 9.97. The highest BCUT2D eigenvalue weighted by atomic mass is 16.6. The van der Waals surface area contributed by atoms with Crippen molar-refractivity contribution in [2.75, 3.05) is 44.7 Å². The van der Waals surface area contributed by atoms with Crippen molar-refractivity contribution in [1.29, 1.82) is 0 Å². The number of nitro groups is 1. The predicted molar refractivity (Wildman–Crippen MR) is 106 cm³/mol. The molecule has 1 amide bonds. The molecule has 0 saturated carbocycles. The monoisotopic (exact) mass is 374 g/mol. The van der Waals surface area contributed by atoms with E-state index in [4.69, 9.17) is 0 Å². The Bertz CT molecular complexity index is 684. The maximum atomic E-state index is 12.9. The number of piperidine rings is 2. The topological polar surface area (TPSA) is 78.7 Å². The van der Waals surface area contributed by atoms with Crippen molar-refractivity contribution in [3.05, 3.63) is 33.9 Å². The van der Waals surface area contributed by atoms with Crippen molar-refractivity contribution >= 4 is 17.3 Å². The van der Waals surface area contributed by atoms with E-state index in [1.165, 1.54) is 6.07 Å². The molecular weight excluding hydrogens is 344 g/mol. The Morgan fingerprint density at radius 3 is 2.67 bits per heavy atom. The van der Waals surface area contributed by atoms with Crippen molar-refractivity contribution < 1.29 is 9.72 Å². The van der Waals surface area contributed by atoms with Gasteiger partial charge in [0, 0.05) is 37.8 Å². The molecule has 1 unspecified atom stereocenters. The van der Waals surface area contributed by atoms with Gasteiger partial charge in [-0.1, -0.05) is 6.92 Å². The van der Waals surface area contributed by atoms with Gasteiger partial charge >= 0.3 is 0 Å². The zero-order valence-electron chi connectivity index (χ0n) is 16.3. The zero-order chi connectivity index (χ0) is 19.4. The third-order valence-electron chi connectivity index (χ3n) is 5.84. The summed E-state index contributed by atoms with van der Waals surface area (Å²) in [6.07, 6.45) is 4.16. The summed E-state index contributed by atoms with van der Waals surface area (Å²) in [6, 6.07) is 4.98. The molecule has 2 aliphatic rings. The normalized spacial score (nSPS) is 21.3. The summed E-state index contributed by atoms with van der Waals surface area (Å²) in [5, 5.41) is 14.8. The minimum Gasteiger partial charge on any atom is -0.366 e. The molecule has 3 rings (SSSR count). The van der Waals surface area contributed by atoms with Crippen LogP contribution in [0.25, 0.3) is 0 Å². The van der Waals surface area contributed by atoms with Gasteiger partial charge in [-0.15, -0.1) is 0 Å². The highest BCUT2D eigenvalue weighted by Crippen LogP contribution is 2.33. The van der Waals surface area contributed by atoms with Crippen LogP contribution in [0.15, 0.2) is 18.2 Å². The summed E-state index contributed by atoms with van der Waals surface area (Å²) in [5.74, 6) is 1.00. The Morgan fingerprint density at radius 1 is 1.26 bits per heavy atom. The average Bonchev–Trinajstić information content (AvgIpc) is 2.68. The molecule has 148 valence electrons. The SMILES string of the molecule is CNCC1CCCN(C(=O)c2ccc(N3CCC(C)CC3)c([N+](=O)[O-])c2)C1. The van der Waals surface area contributed by atoms with Gasteiger partial charge in [0.2, 0.25) is 0 Å². The summed E-state index contributed by atoms with van der Waals surface area (Å²) in [4.78, 5) is 28.1. The molecule has 0 aromatic heterocycles. The van der Waals surface area contributed by atoms with Gasteiger partial charge in [0.05, 0.1) is 4.92 Å². The Hall–Kier alpha value is -2.15. The molecule has 2 saturated heterocycles. The molecule has 2 aliphatic heterocycles. The van der Waals surface area contributed by atoms with Crippen molar-refractivity contribution in [1.82, 2.24) is 10.2 Å². The van der Waals surface area contributed by atoms with Crippen LogP contribution in [0.3, 0.4) is 0 Å². The van der Waals surface area contributed by atoms with Crippen molar-refractivity contribution in [3.8, 4) is 0 Å². The van der Waals surface area contributed by atoms with Gasteiger partial charge in [0.1, 0.15) is 5.69 Å². The van der Waals surface area contributed by atoms with Crippen LogP contribution < -0.4 is 10.2 Å². The number of hydrogen-bond acceptors (Lipinski definition) is 5. The molecule has 1 aromatic carbocycles. The second kappa shape index (κ2) is 8.69. The summed E-state index contributed by atoms with van der Waals surface area (Å²) in [5.41, 5.74) is 1.09. The van der Waals surface area contributed by atoms with Gasteiger partial charge in [-0.3, -0.25) is 14.9 Å². The number of hydrogen-bond donors (Lipinski definition) is 1. The second-order valence-corrected chi connectivity index (χ2v) is 7.95. The largest absolute Gasteiger partial charge is 0.366 e. The lowest BCUT2D eigenvalue weighted by molar-refractivity contribution is -0.384. The Kier molecular flexibility index (Phi) is 6.31. The lowest BCUT2D eigenvalue weighted by Gasteiger charge is -2.33. The smallest absolute Gasteiger partial charge is 0.293 e. The van der Waals surface area contributed by atoms with Gasteiger partial charge < -0.3 is 15.1 Å². The van der Waals surface area contributed by atoms with Gasteiger partial charge in [0.15, 0.2) is 0 Å². The molecule has 0 spiro atoms. The minimum atomic E-state index is -0.357. The van der Waals surface area contributed by atoms with Crippen LogP contribution >= 0.6 is 0 Å². The number of carbonyl (C=O) groups excluding carboxylic acids is 1. The summed E-state index contributed by atoms with van der Waals surface area (Å²) in [6.45, 7) is 6.18. The van der Waals surface area contributed by atoms with Gasteiger partial charge in [-0.05, 0) is 63.2 Å². The third-order valence-corrected chi connectivity index (χ3v) is 5.84. The first kappa shape index (κ1) is 19.6. The van der Waals surface area contributed by atoms with E-state index in [0.29, 0.717) is 29.6 Å². The number of amides is 1. The van der Waals surface area contributed by atoms with Crippen LogP contribution in [0.5, 0.6) is 0 Å². The van der Waals surface area contributed by atoms with Crippen LogP contribution in [0.4, 0.5) is 11.4 Å². The maximum absolute atomic E-state index is 12.9. The minimum absolute atomic E-state index is 0.0409. The number of nitrogens with zero attached hydrogens (tertiary/aromatic N) is 3. The van der Waals surface area contributed by atoms with Crippen LogP contribution in [0, 0.1) is 22.0 Å². The lowest BCUT2D eigenvalue weighted by Crippen LogP contribution is -2.42. The number of nitrogens with one attached hydrogen (secondary N) is 1. The summed E-state index contributed by atoms with van der Waals surface area (Å²) < 4.78 is 0. The van der Waals surface area contributed by atoms with E-state index in [0.717, 1.165) is 51.9 Å². The van der Waals surface area contributed by atoms with E-state index < -0.39 is 0 Å². The molecule has 7 nitrogen and oxygen atoms in total. The van der Waals surface area contributed by atoms with Crippen LogP contribution in [0.2, 0.25) is 0 Å². The summed E-state index contributed by atoms with van der Waals surface area (Å²) >= 11 is 0. The predicted octanol–water partition coefficient (Wildman–Crippen LogP) is 2.90. The number of carbonyl (C=O) groups is 1. The summed E-state index contributed by atoms with van der Waals surface area (Å²) in [7, 11) is 1.92. The van der Waals surface area contributed by atoms with Crippen molar-refractivity contribution in [2.45, 2.75) is 32.6 Å². The fourth-order valence-electron chi connectivity index (χ4n) is 4.21. The van der Waals surface area contributed by atoms with Crippen LogP contribution in [0.1, 0.15) is 43.0 Å². The Balaban J connectivity index is 1.79. The number of nitro benzene ring substituents is 1. The van der Waals surface area contributed by atoms with Crippen LogP contribution in [-0.4, -0.2) is 55.5 Å². The molecule has 1 N–H and O–H groups in total. The fourth-order valence-corrected chi connectivity index (χ4v) is 4.21. The molecule has 1 atom stereocenters. The van der Waals surface area contributed by atoms with Gasteiger partial charge in [-0.2, -0.15) is 0 Å². The molecule has 27 heavy (non-hydrogen) atoms. The van der Waals surface area contributed by atoms with E-state index in [-0.39, 0.29) is 16.5 Å². The molecular formula is C20H30N4O3. The molecule has 7 heteroatoms. The highest BCUT2D eigenvalue weighted by molar-refractivity contribution is 5.96. The third kappa shape index (κ3) is 4.58. The quantitative estimate of drug-likeness (QED) is 0.633. The first-order chi connectivity index (χ1) is 13.0. The molecule has 2 fully saturated rings. The molecule has 0 bridgehead atoms. The maximum Gasteiger partial charge on any atom is 0.293 e. The first-order valence-corrected chi connectivity index (χ1v) is 9.97. The Labute approximate surface area is 160 Å². The van der Waals surface area contributed by atoms with Crippen LogP contribution in [-0.2, 0) is 0 Å². The molecule has 1 aromatic rings. The zero-order valence-corrected chi connectivity index (χ0v) is 16.3. The number of rotatable bonds is 5. The molecule has 2 heterocycles. The highest BCUT2D eigenvalue weighted by Gasteiger charge is 2.28. The van der Waals surface area contributed by atoms with Gasteiger partial charge in [-0.25, -0.2) is 0 Å². The van der Waals surface area contributed by atoms with Crippen molar-refractivity contribution in [3.63, 3.8) is 0 Å². The second-order valence-electron chi connectivity index (χ2n) is 7.95. The van der Waals surface area contributed by atoms with E-state index in [9.17, 15) is 14.9 Å². The fraction of sp³-hybridized carbons (Fsp3) is 0.650. The number of benzene rings is 1. The first-order valence-electron chi connectivity index (χ1n) is 9.97. The molecule has 0 aliphatic carbocycles. The van der Waals surface area contributed by atoms with E-state index in [2.05, 4.69) is 17.1 Å². The number of anilines is 1. The number of likely N-dealkylation sites (tertiary alicyclic amines) is 1. The van der Waals surface area contributed by atoms with E-state index >= 15 is 0 Å². The standard InChI is InChI=1S/C20H30N4O3/c1-15-7-10-22(11-8-15)18-6-5-17(12-19(18)24(26)27)20(25)23-9-3-4-16(14-23)13-21-2/h5-6,12,15-16,21H,3-4,7-11,13-14H2,1-2H3.